The van der Waals surface area contributed by atoms with Gasteiger partial charge in [-0.1, -0.05) is 0 Å². The molecule has 4 aliphatic rings. The monoisotopic (exact) mass is 1230 g/mol. The third-order valence-electron chi connectivity index (χ3n) is 13.5. The van der Waals surface area contributed by atoms with E-state index in [1.54, 1.807) is 33.4 Å². The smallest absolute Gasteiger partial charge is 1.00 e. The maximum Gasteiger partial charge on any atom is -1.00 e. The number of allylic oxidation sites excluding steroid dienone is 8. The van der Waals surface area contributed by atoms with E-state index in [-0.39, 0.29) is 46.5 Å². The number of benzene rings is 4. The van der Waals surface area contributed by atoms with E-state index in [1.807, 2.05) is 13.3 Å². The van der Waals surface area contributed by atoms with Gasteiger partial charge in [-0.3, -0.25) is 0 Å². The second kappa shape index (κ2) is 19.4. The molecule has 4 aromatic rings. The maximum atomic E-state index is 2.68. The second-order valence-electron chi connectivity index (χ2n) is 22.9. The van der Waals surface area contributed by atoms with Gasteiger partial charge in [-0.05, 0) is 0 Å². The molecule has 0 radical (unpaired) electrons. The van der Waals surface area contributed by atoms with E-state index in [2.05, 4.69) is 206 Å². The fourth-order valence-electron chi connectivity index (χ4n) is 10.4. The molecule has 0 bridgehead atoms. The molecular weight excluding hydrogens is 1160 g/mol. The molecular formula is C56H74Cl2Hf2Si2. The molecule has 0 amide bonds. The molecule has 0 nitrogen and oxygen atoms in total. The molecule has 6 heteroatoms. The molecule has 0 aliphatic heterocycles. The molecule has 0 spiro atoms. The van der Waals surface area contributed by atoms with Crippen LogP contribution in [0.3, 0.4) is 0 Å². The average Bonchev–Trinajstić information content (AvgIpc) is 3.97. The maximum absolute atomic E-state index is 2.68. The van der Waals surface area contributed by atoms with Crippen LogP contribution >= 0.6 is 0 Å². The van der Waals surface area contributed by atoms with Gasteiger partial charge in [-0.2, -0.15) is 0 Å². The van der Waals surface area contributed by atoms with Gasteiger partial charge in [0.15, 0.2) is 0 Å². The third-order valence-corrected chi connectivity index (χ3v) is 66.8. The Labute approximate surface area is 407 Å². The second-order valence-corrected chi connectivity index (χ2v) is 76.3. The van der Waals surface area contributed by atoms with E-state index in [0.29, 0.717) is 0 Å². The molecule has 0 saturated heterocycles. The van der Waals surface area contributed by atoms with Crippen molar-refractivity contribution in [2.24, 2.45) is 0 Å². The Morgan fingerprint density at radius 3 is 1.06 bits per heavy atom. The van der Waals surface area contributed by atoms with Gasteiger partial charge >= 0.3 is 387 Å². The Balaban J connectivity index is 0.000000227. The molecule has 8 rings (SSSR count). The van der Waals surface area contributed by atoms with Crippen LogP contribution in [0.5, 0.6) is 0 Å². The summed E-state index contributed by atoms with van der Waals surface area (Å²) in [6.45, 7) is 39.0. The van der Waals surface area contributed by atoms with Crippen LogP contribution in [-0.2, 0) is 75.7 Å². The fourth-order valence-corrected chi connectivity index (χ4v) is 63.3. The predicted octanol–water partition coefficient (Wildman–Crippen LogP) is 7.86. The van der Waals surface area contributed by atoms with E-state index in [4.69, 9.17) is 0 Å². The van der Waals surface area contributed by atoms with Crippen LogP contribution in [0.15, 0.2) is 104 Å². The summed E-state index contributed by atoms with van der Waals surface area (Å²) in [6, 6.07) is 24.5. The first-order valence-corrected chi connectivity index (χ1v) is 48.4. The SMILES string of the molecule is C[SiH](C)[Hf+]([C]1=CC=CC1)[c]1cc(C(C)(C)C)cc2c1Cc1c-2cccc1C(C)(C)C.C[SiH](C)[Hf+]([C]1=CC=CC1)[c]1cc(C(C)(C)C)cc2c1Cc1c-2cccc1C(C)(C)C.[Cl-].[Cl-]. The van der Waals surface area contributed by atoms with Crippen molar-refractivity contribution in [1.82, 2.24) is 0 Å². The van der Waals surface area contributed by atoms with Crippen molar-refractivity contribution in [3.63, 3.8) is 0 Å². The Hall–Kier alpha value is -1.41. The van der Waals surface area contributed by atoms with Gasteiger partial charge in [0.25, 0.3) is 0 Å². The summed E-state index contributed by atoms with van der Waals surface area (Å²) >= 11 is -4.09. The van der Waals surface area contributed by atoms with Crippen molar-refractivity contribution in [2.45, 2.75) is 157 Å². The Morgan fingerprint density at radius 1 is 0.435 bits per heavy atom. The van der Waals surface area contributed by atoms with Gasteiger partial charge in [0.1, 0.15) is 0 Å². The number of halogens is 2. The van der Waals surface area contributed by atoms with Crippen LogP contribution in [0.25, 0.3) is 22.3 Å². The zero-order valence-corrected chi connectivity index (χ0v) is 52.0. The normalized spacial score (nSPS) is 14.9. The van der Waals surface area contributed by atoms with Crippen molar-refractivity contribution in [3.05, 3.63) is 148 Å². The van der Waals surface area contributed by atoms with Crippen molar-refractivity contribution in [1.29, 1.82) is 0 Å². The molecule has 0 fully saturated rings. The average molecular weight is 1230 g/mol. The molecule has 4 aromatic carbocycles. The van der Waals surface area contributed by atoms with E-state index in [0.717, 1.165) is 12.8 Å². The number of hydrogen-bond donors (Lipinski definition) is 0. The first-order chi connectivity index (χ1) is 28.0. The van der Waals surface area contributed by atoms with Crippen LogP contribution < -0.4 is 31.5 Å². The molecule has 0 unspecified atom stereocenters. The van der Waals surface area contributed by atoms with Crippen LogP contribution in [-0.4, -0.2) is 12.0 Å². The van der Waals surface area contributed by atoms with Crippen LogP contribution in [0.1, 0.15) is 140 Å². The molecule has 0 heterocycles. The van der Waals surface area contributed by atoms with Crippen LogP contribution in [0.2, 0.25) is 26.2 Å². The summed E-state index contributed by atoms with van der Waals surface area (Å²) < 4.78 is 7.38. The van der Waals surface area contributed by atoms with Gasteiger partial charge in [0.05, 0.1) is 0 Å². The first kappa shape index (κ1) is 51.6. The van der Waals surface area contributed by atoms with Gasteiger partial charge in [-0.25, -0.2) is 0 Å². The van der Waals surface area contributed by atoms with E-state index in [1.165, 1.54) is 46.2 Å². The van der Waals surface area contributed by atoms with E-state index < -0.39 is 53.2 Å². The zero-order chi connectivity index (χ0) is 43.7. The van der Waals surface area contributed by atoms with Crippen molar-refractivity contribution in [2.75, 3.05) is 0 Å². The quantitative estimate of drug-likeness (QED) is 0.149. The van der Waals surface area contributed by atoms with Crippen molar-refractivity contribution in [3.8, 4) is 22.3 Å². The van der Waals surface area contributed by atoms with Crippen molar-refractivity contribution >= 4 is 18.6 Å². The van der Waals surface area contributed by atoms with Gasteiger partial charge in [0.2, 0.25) is 0 Å². The standard InChI is InChI=1S/2C21H25.2C5H5.2C2H7Si.2ClH.2Hf/c2*1-20(2,3)15-11-10-14-12-18-16(17(14)13-15)8-7-9-19(18)21(4,5)6;2*1-2-4-5-3-1;2*1-3-2;;;;/h2*7-9,11,13H,12H2,1-6H3;2*1-3H,4H2;2*3H,1-2H3;2*1H;;/q;;;;;;;;2*+1/p-2. The van der Waals surface area contributed by atoms with E-state index in [9.17, 15) is 0 Å². The third kappa shape index (κ3) is 10.4. The summed E-state index contributed by atoms with van der Waals surface area (Å²) in [6.07, 6.45) is 19.1. The van der Waals surface area contributed by atoms with Crippen LogP contribution in [0.4, 0.5) is 0 Å². The zero-order valence-electron chi connectivity index (χ0n) is 41.0. The molecule has 0 N–H and O–H groups in total. The minimum atomic E-state index is -2.04. The molecule has 0 saturated carbocycles. The van der Waals surface area contributed by atoms with Gasteiger partial charge in [-0.15, -0.1) is 0 Å². The first-order valence-electron chi connectivity index (χ1n) is 23.0. The fraction of sp³-hybridized carbons (Fsp3) is 0.429. The summed E-state index contributed by atoms with van der Waals surface area (Å²) in [5.74, 6) is -1.43. The van der Waals surface area contributed by atoms with E-state index >= 15 is 0 Å². The Kier molecular flexibility index (Phi) is 16.2. The van der Waals surface area contributed by atoms with Crippen LogP contribution in [0, 0.1) is 0 Å². The molecule has 0 atom stereocenters. The predicted molar refractivity (Wildman–Crippen MR) is 265 cm³/mol. The number of hydrogen-bond acceptors (Lipinski definition) is 0. The number of rotatable bonds is 6. The summed E-state index contributed by atoms with van der Waals surface area (Å²) in [5.41, 5.74) is 19.6. The minimum absolute atomic E-state index is 0. The Bertz CT molecular complexity index is 2270. The number of fused-ring (bicyclic) bond motifs is 6. The Morgan fingerprint density at radius 2 is 0.790 bits per heavy atom. The molecule has 62 heavy (non-hydrogen) atoms. The topological polar surface area (TPSA) is 0 Å². The minimum Gasteiger partial charge on any atom is -1.00 e. The summed E-state index contributed by atoms with van der Waals surface area (Å²) in [7, 11) is 0. The molecule has 0 aromatic heterocycles. The summed E-state index contributed by atoms with van der Waals surface area (Å²) in [5, 5.41) is 0. The van der Waals surface area contributed by atoms with Gasteiger partial charge in [0, 0.05) is 0 Å². The largest absolute Gasteiger partial charge is 1.00 e. The summed E-state index contributed by atoms with van der Waals surface area (Å²) in [4.78, 5) is 0. The van der Waals surface area contributed by atoms with Gasteiger partial charge < -0.3 is 24.8 Å². The molecule has 4 aliphatic carbocycles. The molecule has 328 valence electrons. The van der Waals surface area contributed by atoms with Crippen molar-refractivity contribution < 1.29 is 66.0 Å².